The molecule has 0 aliphatic carbocycles. The Kier molecular flexibility index (Phi) is 4.95. The molecule has 1 aromatic carbocycles. The van der Waals surface area contributed by atoms with Gasteiger partial charge >= 0.3 is 0 Å². The van der Waals surface area contributed by atoms with Gasteiger partial charge in [0.25, 0.3) is 0 Å². The first-order chi connectivity index (χ1) is 12.0. The van der Waals surface area contributed by atoms with Crippen molar-refractivity contribution in [2.45, 2.75) is 19.8 Å². The number of halogens is 1. The Morgan fingerprint density at radius 3 is 2.72 bits per heavy atom. The predicted molar refractivity (Wildman–Crippen MR) is 92.3 cm³/mol. The number of amides is 1. The molecule has 0 saturated heterocycles. The summed E-state index contributed by atoms with van der Waals surface area (Å²) in [4.78, 5) is 20.4. The molecule has 0 saturated carbocycles. The maximum absolute atomic E-state index is 12.0. The minimum Gasteiger partial charge on any atom is -0.508 e. The van der Waals surface area contributed by atoms with Gasteiger partial charge in [0.05, 0.1) is 23.8 Å². The molecule has 2 N–H and O–H groups in total. The zero-order chi connectivity index (χ0) is 17.8. The highest BCUT2D eigenvalue weighted by Crippen LogP contribution is 2.22. The number of rotatable bonds is 5. The number of aryl methyl sites for hydroxylation is 1. The van der Waals surface area contributed by atoms with Gasteiger partial charge in [0.15, 0.2) is 5.82 Å². The third-order valence-electron chi connectivity index (χ3n) is 3.58. The van der Waals surface area contributed by atoms with Crippen molar-refractivity contribution in [3.05, 3.63) is 53.1 Å². The number of nitrogens with zero attached hydrogens (tertiary/aromatic N) is 3. The third kappa shape index (κ3) is 4.13. The summed E-state index contributed by atoms with van der Waals surface area (Å²) >= 11 is 5.88. The first-order valence-corrected chi connectivity index (χ1v) is 7.92. The Morgan fingerprint density at radius 1 is 1.32 bits per heavy atom. The number of phenols is 1. The van der Waals surface area contributed by atoms with Gasteiger partial charge in [-0.2, -0.15) is 0 Å². The first-order valence-electron chi connectivity index (χ1n) is 7.55. The minimum atomic E-state index is -0.189. The smallest absolute Gasteiger partial charge is 0.229 e. The van der Waals surface area contributed by atoms with Crippen LogP contribution in [0.2, 0.25) is 5.22 Å². The summed E-state index contributed by atoms with van der Waals surface area (Å²) in [6.45, 7) is 1.77. The van der Waals surface area contributed by atoms with Gasteiger partial charge in [-0.05, 0) is 37.1 Å². The number of benzene rings is 1. The van der Waals surface area contributed by atoms with E-state index >= 15 is 0 Å². The van der Waals surface area contributed by atoms with Crippen LogP contribution in [-0.4, -0.2) is 26.1 Å². The summed E-state index contributed by atoms with van der Waals surface area (Å²) in [6.07, 6.45) is 3.70. The van der Waals surface area contributed by atoms with Crippen LogP contribution in [0.25, 0.3) is 11.4 Å². The second kappa shape index (κ2) is 7.31. The van der Waals surface area contributed by atoms with E-state index in [2.05, 4.69) is 20.4 Å². The molecular weight excluding hydrogens is 344 g/mol. The number of phenolic OH excluding ortho intramolecular Hbond substituents is 1. The molecule has 0 bridgehead atoms. The van der Waals surface area contributed by atoms with E-state index in [1.165, 1.54) is 12.4 Å². The molecule has 1 amide bonds. The molecule has 7 nitrogen and oxygen atoms in total. The topological polar surface area (TPSA) is 101 Å². The van der Waals surface area contributed by atoms with E-state index in [1.54, 1.807) is 31.2 Å². The van der Waals surface area contributed by atoms with E-state index in [4.69, 9.17) is 16.1 Å². The number of anilines is 1. The van der Waals surface area contributed by atoms with Crippen molar-refractivity contribution in [3.8, 4) is 17.1 Å². The van der Waals surface area contributed by atoms with E-state index in [0.29, 0.717) is 29.2 Å². The molecule has 0 atom stereocenters. The van der Waals surface area contributed by atoms with Crippen LogP contribution in [0.15, 0.2) is 41.2 Å². The average molecular weight is 359 g/mol. The normalized spacial score (nSPS) is 10.6. The number of carbonyl (C=O) groups is 1. The van der Waals surface area contributed by atoms with Crippen molar-refractivity contribution >= 4 is 23.2 Å². The third-order valence-corrected chi connectivity index (χ3v) is 3.88. The standard InChI is InChI=1S/C17H15ClN4O3/c1-10-14(16(18)25-22-10)5-6-15(24)21-12-8-19-17(20-9-12)11-3-2-4-13(23)7-11/h2-4,7-9,23H,5-6H2,1H3,(H,21,24). The number of carbonyl (C=O) groups excluding carboxylic acids is 1. The van der Waals surface area contributed by atoms with Crippen LogP contribution in [0.1, 0.15) is 17.7 Å². The fraction of sp³-hybridized carbons (Fsp3) is 0.176. The van der Waals surface area contributed by atoms with Crippen molar-refractivity contribution in [2.75, 3.05) is 5.32 Å². The Bertz CT molecular complexity index is 874. The Morgan fingerprint density at radius 2 is 2.08 bits per heavy atom. The van der Waals surface area contributed by atoms with Gasteiger partial charge in [-0.3, -0.25) is 4.79 Å². The van der Waals surface area contributed by atoms with Crippen LogP contribution in [0.3, 0.4) is 0 Å². The molecule has 0 aliphatic rings. The molecular formula is C17H15ClN4O3. The van der Waals surface area contributed by atoms with E-state index < -0.39 is 0 Å². The molecule has 128 valence electrons. The van der Waals surface area contributed by atoms with E-state index in [9.17, 15) is 9.90 Å². The van der Waals surface area contributed by atoms with Crippen molar-refractivity contribution < 1.29 is 14.4 Å². The number of aromatic hydroxyl groups is 1. The molecule has 0 spiro atoms. The predicted octanol–water partition coefficient (Wildman–Crippen LogP) is 3.37. The first kappa shape index (κ1) is 16.9. The zero-order valence-electron chi connectivity index (χ0n) is 13.4. The maximum Gasteiger partial charge on any atom is 0.229 e. The lowest BCUT2D eigenvalue weighted by Crippen LogP contribution is -2.13. The van der Waals surface area contributed by atoms with Crippen LogP contribution in [0.4, 0.5) is 5.69 Å². The second-order valence-electron chi connectivity index (χ2n) is 5.41. The number of hydrogen-bond donors (Lipinski definition) is 2. The quantitative estimate of drug-likeness (QED) is 0.725. The molecule has 2 aromatic heterocycles. The molecule has 8 heteroatoms. The SMILES string of the molecule is Cc1noc(Cl)c1CCC(=O)Nc1cnc(-c2cccc(O)c2)nc1. The largest absolute Gasteiger partial charge is 0.508 e. The molecule has 3 rings (SSSR count). The second-order valence-corrected chi connectivity index (χ2v) is 5.76. The van der Waals surface area contributed by atoms with Crippen LogP contribution in [0.5, 0.6) is 5.75 Å². The lowest BCUT2D eigenvalue weighted by molar-refractivity contribution is -0.116. The summed E-state index contributed by atoms with van der Waals surface area (Å²) in [5.74, 6) is 0.410. The summed E-state index contributed by atoms with van der Waals surface area (Å²) in [5.41, 5.74) is 2.58. The van der Waals surface area contributed by atoms with Gasteiger partial charge in [-0.25, -0.2) is 9.97 Å². The van der Waals surface area contributed by atoms with Gasteiger partial charge in [-0.1, -0.05) is 17.3 Å². The molecule has 0 fully saturated rings. The number of hydrogen-bond acceptors (Lipinski definition) is 6. The highest BCUT2D eigenvalue weighted by molar-refractivity contribution is 6.29. The highest BCUT2D eigenvalue weighted by Gasteiger charge is 2.13. The van der Waals surface area contributed by atoms with Crippen molar-refractivity contribution in [1.29, 1.82) is 0 Å². The molecule has 0 aliphatic heterocycles. The van der Waals surface area contributed by atoms with Gasteiger partial charge in [0.1, 0.15) is 5.75 Å². The Balaban J connectivity index is 1.60. The van der Waals surface area contributed by atoms with Crippen LogP contribution in [0, 0.1) is 6.92 Å². The molecule has 2 heterocycles. The lowest BCUT2D eigenvalue weighted by Gasteiger charge is -2.06. The summed E-state index contributed by atoms with van der Waals surface area (Å²) in [6, 6.07) is 6.64. The zero-order valence-corrected chi connectivity index (χ0v) is 14.1. The summed E-state index contributed by atoms with van der Waals surface area (Å²) in [7, 11) is 0. The average Bonchev–Trinajstić information content (AvgIpc) is 2.92. The van der Waals surface area contributed by atoms with Crippen molar-refractivity contribution in [3.63, 3.8) is 0 Å². The van der Waals surface area contributed by atoms with Crippen molar-refractivity contribution in [1.82, 2.24) is 15.1 Å². The van der Waals surface area contributed by atoms with E-state index in [1.807, 2.05) is 0 Å². The molecule has 3 aromatic rings. The highest BCUT2D eigenvalue weighted by atomic mass is 35.5. The van der Waals surface area contributed by atoms with E-state index in [-0.39, 0.29) is 23.3 Å². The van der Waals surface area contributed by atoms with Gasteiger partial charge < -0.3 is 14.9 Å². The lowest BCUT2D eigenvalue weighted by atomic mass is 10.1. The fourth-order valence-electron chi connectivity index (χ4n) is 2.29. The number of aromatic nitrogens is 3. The summed E-state index contributed by atoms with van der Waals surface area (Å²) in [5, 5.41) is 16.2. The molecule has 0 radical (unpaired) electrons. The van der Waals surface area contributed by atoms with Gasteiger partial charge in [0, 0.05) is 17.5 Å². The van der Waals surface area contributed by atoms with Gasteiger partial charge in [0.2, 0.25) is 11.1 Å². The number of nitrogens with one attached hydrogen (secondary N) is 1. The van der Waals surface area contributed by atoms with Crippen LogP contribution >= 0.6 is 11.6 Å². The van der Waals surface area contributed by atoms with Crippen LogP contribution < -0.4 is 5.32 Å². The fourth-order valence-corrected chi connectivity index (χ4v) is 2.55. The summed E-state index contributed by atoms with van der Waals surface area (Å²) < 4.78 is 4.86. The Hall–Kier alpha value is -2.93. The van der Waals surface area contributed by atoms with Crippen LogP contribution in [-0.2, 0) is 11.2 Å². The Labute approximate surface area is 148 Å². The van der Waals surface area contributed by atoms with Crippen molar-refractivity contribution in [2.24, 2.45) is 0 Å². The molecule has 0 unspecified atom stereocenters. The van der Waals surface area contributed by atoms with E-state index in [0.717, 1.165) is 5.56 Å². The monoisotopic (exact) mass is 358 g/mol. The minimum absolute atomic E-state index is 0.140. The maximum atomic E-state index is 12.0. The van der Waals surface area contributed by atoms with Gasteiger partial charge in [-0.15, -0.1) is 0 Å². The molecule has 25 heavy (non-hydrogen) atoms.